The number of hydrogen-bond donors (Lipinski definition) is 1. The Balaban J connectivity index is 1.46. The summed E-state index contributed by atoms with van der Waals surface area (Å²) in [5.74, 6) is 1.22. The van der Waals surface area contributed by atoms with Crippen LogP contribution in [0.2, 0.25) is 0 Å². The molecule has 1 atom stereocenters. The van der Waals surface area contributed by atoms with E-state index in [2.05, 4.69) is 20.2 Å². The van der Waals surface area contributed by atoms with Gasteiger partial charge >= 0.3 is 6.03 Å². The second-order valence-corrected chi connectivity index (χ2v) is 6.64. The van der Waals surface area contributed by atoms with E-state index in [1.807, 2.05) is 18.0 Å². The summed E-state index contributed by atoms with van der Waals surface area (Å²) in [4.78, 5) is 25.1. The Bertz CT molecular complexity index is 521. The van der Waals surface area contributed by atoms with E-state index in [4.69, 9.17) is 4.74 Å². The molecule has 7 nitrogen and oxygen atoms in total. The van der Waals surface area contributed by atoms with Crippen LogP contribution in [0.3, 0.4) is 0 Å². The first-order chi connectivity index (χ1) is 11.7. The molecular weight excluding hydrogens is 306 g/mol. The van der Waals surface area contributed by atoms with Crippen LogP contribution in [0.5, 0.6) is 0 Å². The summed E-state index contributed by atoms with van der Waals surface area (Å²) in [6.45, 7) is 4.07. The normalized spacial score (nSPS) is 22.2. The highest BCUT2D eigenvalue weighted by Crippen LogP contribution is 2.19. The van der Waals surface area contributed by atoms with Gasteiger partial charge in [-0.1, -0.05) is 0 Å². The Morgan fingerprint density at radius 2 is 2.08 bits per heavy atom. The van der Waals surface area contributed by atoms with Crippen molar-refractivity contribution in [1.29, 1.82) is 0 Å². The molecule has 0 aliphatic carbocycles. The van der Waals surface area contributed by atoms with Crippen LogP contribution in [0.4, 0.5) is 10.7 Å². The lowest BCUT2D eigenvalue weighted by Crippen LogP contribution is -2.48. The Hall–Kier alpha value is -1.89. The second kappa shape index (κ2) is 8.28. The van der Waals surface area contributed by atoms with Crippen molar-refractivity contribution >= 4 is 12.0 Å². The van der Waals surface area contributed by atoms with Gasteiger partial charge in [0.25, 0.3) is 0 Å². The molecule has 0 saturated carbocycles. The summed E-state index contributed by atoms with van der Waals surface area (Å²) in [6.07, 6.45) is 7.63. The van der Waals surface area contributed by atoms with Crippen molar-refractivity contribution in [2.24, 2.45) is 5.92 Å². The Kier molecular flexibility index (Phi) is 5.85. The van der Waals surface area contributed by atoms with Gasteiger partial charge in [-0.15, -0.1) is 0 Å². The molecule has 3 rings (SSSR count). The maximum Gasteiger partial charge on any atom is 0.317 e. The molecule has 1 unspecified atom stereocenters. The number of anilines is 1. The molecule has 2 amide bonds. The van der Waals surface area contributed by atoms with Crippen LogP contribution in [0.15, 0.2) is 18.5 Å². The second-order valence-electron chi connectivity index (χ2n) is 6.64. The van der Waals surface area contributed by atoms with E-state index in [0.29, 0.717) is 18.5 Å². The smallest absolute Gasteiger partial charge is 0.317 e. The van der Waals surface area contributed by atoms with Gasteiger partial charge in [-0.2, -0.15) is 0 Å². The molecule has 2 saturated heterocycles. The van der Waals surface area contributed by atoms with Gasteiger partial charge in [-0.05, 0) is 37.7 Å². The molecular formula is C17H27N5O2. The Morgan fingerprint density at radius 3 is 2.83 bits per heavy atom. The van der Waals surface area contributed by atoms with Crippen molar-refractivity contribution in [3.8, 4) is 0 Å². The fourth-order valence-corrected chi connectivity index (χ4v) is 3.46. The molecule has 7 heteroatoms. The van der Waals surface area contributed by atoms with E-state index in [1.54, 1.807) is 12.4 Å². The molecule has 0 radical (unpaired) electrons. The Labute approximate surface area is 143 Å². The SMILES string of the molecule is CN(C(=O)NCC1CCCN(c2ncccn2)C1)C1CCOCC1. The van der Waals surface area contributed by atoms with E-state index in [9.17, 15) is 4.79 Å². The summed E-state index contributed by atoms with van der Waals surface area (Å²) in [5, 5.41) is 3.10. The Morgan fingerprint density at radius 1 is 1.33 bits per heavy atom. The van der Waals surface area contributed by atoms with Crippen LogP contribution < -0.4 is 10.2 Å². The van der Waals surface area contributed by atoms with E-state index < -0.39 is 0 Å². The highest BCUT2D eigenvalue weighted by atomic mass is 16.5. The van der Waals surface area contributed by atoms with Crippen LogP contribution in [-0.2, 0) is 4.74 Å². The molecule has 1 aromatic heterocycles. The van der Waals surface area contributed by atoms with Gasteiger partial charge in [-0.25, -0.2) is 14.8 Å². The van der Waals surface area contributed by atoms with Crippen LogP contribution >= 0.6 is 0 Å². The number of amides is 2. The average molecular weight is 333 g/mol. The molecule has 24 heavy (non-hydrogen) atoms. The topological polar surface area (TPSA) is 70.6 Å². The number of aromatic nitrogens is 2. The van der Waals surface area contributed by atoms with Gasteiger partial charge in [0, 0.05) is 58.3 Å². The van der Waals surface area contributed by atoms with Crippen molar-refractivity contribution in [3.05, 3.63) is 18.5 Å². The first-order valence-corrected chi connectivity index (χ1v) is 8.84. The monoisotopic (exact) mass is 333 g/mol. The third-order valence-electron chi connectivity index (χ3n) is 4.95. The predicted molar refractivity (Wildman–Crippen MR) is 92.0 cm³/mol. The number of urea groups is 1. The van der Waals surface area contributed by atoms with Crippen LogP contribution in [0.25, 0.3) is 0 Å². The summed E-state index contributed by atoms with van der Waals surface area (Å²) in [7, 11) is 1.89. The number of carbonyl (C=O) groups excluding carboxylic acids is 1. The fourth-order valence-electron chi connectivity index (χ4n) is 3.46. The summed E-state index contributed by atoms with van der Waals surface area (Å²) in [5.41, 5.74) is 0. The molecule has 0 spiro atoms. The van der Waals surface area contributed by atoms with Crippen LogP contribution in [0.1, 0.15) is 25.7 Å². The molecule has 2 fully saturated rings. The maximum atomic E-state index is 12.4. The standard InChI is InChI=1S/C17H27N5O2/c1-21(15-5-10-24-11-6-15)17(23)20-12-14-4-2-9-22(13-14)16-18-7-3-8-19-16/h3,7-8,14-15H,2,4-6,9-13H2,1H3,(H,20,23). The summed E-state index contributed by atoms with van der Waals surface area (Å²) >= 11 is 0. The van der Waals surface area contributed by atoms with Crippen molar-refractivity contribution < 1.29 is 9.53 Å². The number of carbonyl (C=O) groups is 1. The first kappa shape index (κ1) is 17.0. The van der Waals surface area contributed by atoms with Crippen molar-refractivity contribution in [1.82, 2.24) is 20.2 Å². The van der Waals surface area contributed by atoms with E-state index in [0.717, 1.165) is 57.9 Å². The van der Waals surface area contributed by atoms with Gasteiger partial charge in [0.1, 0.15) is 0 Å². The molecule has 3 heterocycles. The zero-order valence-corrected chi connectivity index (χ0v) is 14.4. The zero-order valence-electron chi connectivity index (χ0n) is 14.4. The quantitative estimate of drug-likeness (QED) is 0.904. The van der Waals surface area contributed by atoms with Crippen molar-refractivity contribution in [3.63, 3.8) is 0 Å². The van der Waals surface area contributed by atoms with Gasteiger partial charge in [0.05, 0.1) is 0 Å². The minimum absolute atomic E-state index is 0.0231. The van der Waals surface area contributed by atoms with Gasteiger partial charge in [-0.3, -0.25) is 0 Å². The average Bonchev–Trinajstić information content (AvgIpc) is 2.67. The summed E-state index contributed by atoms with van der Waals surface area (Å²) < 4.78 is 5.36. The largest absolute Gasteiger partial charge is 0.381 e. The predicted octanol–water partition coefficient (Wildman–Crippen LogP) is 1.51. The first-order valence-electron chi connectivity index (χ1n) is 8.84. The molecule has 1 N–H and O–H groups in total. The highest BCUT2D eigenvalue weighted by Gasteiger charge is 2.25. The van der Waals surface area contributed by atoms with Gasteiger partial charge in [0.2, 0.25) is 5.95 Å². The molecule has 0 aromatic carbocycles. The molecule has 1 aromatic rings. The molecule has 2 aliphatic heterocycles. The molecule has 0 bridgehead atoms. The van der Waals surface area contributed by atoms with Crippen LogP contribution in [0, 0.1) is 5.92 Å². The third kappa shape index (κ3) is 4.35. The minimum atomic E-state index is 0.0231. The lowest BCUT2D eigenvalue weighted by molar-refractivity contribution is 0.0524. The number of rotatable bonds is 4. The number of nitrogens with zero attached hydrogens (tertiary/aromatic N) is 4. The number of nitrogens with one attached hydrogen (secondary N) is 1. The lowest BCUT2D eigenvalue weighted by Gasteiger charge is -2.34. The van der Waals surface area contributed by atoms with E-state index in [1.165, 1.54) is 0 Å². The lowest BCUT2D eigenvalue weighted by atomic mass is 9.98. The number of hydrogen-bond acceptors (Lipinski definition) is 5. The molecule has 2 aliphatic rings. The number of ether oxygens (including phenoxy) is 1. The highest BCUT2D eigenvalue weighted by molar-refractivity contribution is 5.74. The van der Waals surface area contributed by atoms with Gasteiger partial charge < -0.3 is 19.9 Å². The van der Waals surface area contributed by atoms with Crippen molar-refractivity contribution in [2.45, 2.75) is 31.7 Å². The zero-order chi connectivity index (χ0) is 16.8. The summed E-state index contributed by atoms with van der Waals surface area (Å²) in [6, 6.07) is 2.14. The number of piperidine rings is 1. The van der Waals surface area contributed by atoms with Crippen molar-refractivity contribution in [2.75, 3.05) is 44.8 Å². The van der Waals surface area contributed by atoms with E-state index >= 15 is 0 Å². The maximum absolute atomic E-state index is 12.4. The minimum Gasteiger partial charge on any atom is -0.381 e. The van der Waals surface area contributed by atoms with E-state index in [-0.39, 0.29) is 6.03 Å². The molecule has 132 valence electrons. The third-order valence-corrected chi connectivity index (χ3v) is 4.95. The van der Waals surface area contributed by atoms with Gasteiger partial charge in [0.15, 0.2) is 0 Å². The fraction of sp³-hybridized carbons (Fsp3) is 0.706. The van der Waals surface area contributed by atoms with Crippen LogP contribution in [-0.4, -0.2) is 66.8 Å².